The van der Waals surface area contributed by atoms with Crippen molar-refractivity contribution in [3.63, 3.8) is 0 Å². The maximum Gasteiger partial charge on any atom is 0.410 e. The third-order valence-electron chi connectivity index (χ3n) is 4.04. The van der Waals surface area contributed by atoms with Gasteiger partial charge in [0.1, 0.15) is 12.6 Å². The standard InChI is InChI=1S/C19H20N2O3.C2H6/c22-18(20-16-10-5-2-6-11-16)17-12-7-13-21(17)19(23)24-14-15-8-3-1-4-9-15;1-2/h1-6,8-11,17H,7,12-14H2,(H,20,22);1-2H3/t17-;/m0./s1. The molecule has 1 fully saturated rings. The summed E-state index contributed by atoms with van der Waals surface area (Å²) in [5, 5.41) is 2.85. The Morgan fingerprint density at radius 1 is 1.04 bits per heavy atom. The average molecular weight is 354 g/mol. The smallest absolute Gasteiger partial charge is 0.410 e. The Morgan fingerprint density at radius 3 is 2.31 bits per heavy atom. The lowest BCUT2D eigenvalue weighted by Gasteiger charge is -2.23. The highest BCUT2D eigenvalue weighted by Crippen LogP contribution is 2.20. The van der Waals surface area contributed by atoms with Gasteiger partial charge in [0.2, 0.25) is 5.91 Å². The number of nitrogens with zero attached hydrogens (tertiary/aromatic N) is 1. The molecule has 2 aromatic rings. The van der Waals surface area contributed by atoms with Crippen LogP contribution in [0.1, 0.15) is 32.3 Å². The van der Waals surface area contributed by atoms with E-state index in [1.54, 1.807) is 0 Å². The van der Waals surface area contributed by atoms with E-state index in [-0.39, 0.29) is 12.5 Å². The molecule has 1 heterocycles. The molecule has 1 saturated heterocycles. The number of carbonyl (C=O) groups excluding carboxylic acids is 2. The highest BCUT2D eigenvalue weighted by Gasteiger charge is 2.35. The van der Waals surface area contributed by atoms with Crippen molar-refractivity contribution >= 4 is 17.7 Å². The molecule has 0 aromatic heterocycles. The lowest BCUT2D eigenvalue weighted by molar-refractivity contribution is -0.120. The molecule has 138 valence electrons. The van der Waals surface area contributed by atoms with Crippen LogP contribution in [0.4, 0.5) is 10.5 Å². The first kappa shape index (κ1) is 19.5. The Hall–Kier alpha value is -2.82. The van der Waals surface area contributed by atoms with Crippen molar-refractivity contribution in [2.24, 2.45) is 0 Å². The quantitative estimate of drug-likeness (QED) is 0.882. The number of likely N-dealkylation sites (tertiary alicyclic amines) is 1. The zero-order valence-electron chi connectivity index (χ0n) is 15.4. The van der Waals surface area contributed by atoms with E-state index in [1.165, 1.54) is 4.90 Å². The fourth-order valence-electron chi connectivity index (χ4n) is 2.81. The summed E-state index contributed by atoms with van der Waals surface area (Å²) in [5.41, 5.74) is 1.65. The number of hydrogen-bond donors (Lipinski definition) is 1. The van der Waals surface area contributed by atoms with Gasteiger partial charge in [-0.05, 0) is 30.5 Å². The summed E-state index contributed by atoms with van der Waals surface area (Å²) in [5.74, 6) is -0.171. The van der Waals surface area contributed by atoms with Crippen molar-refractivity contribution in [3.8, 4) is 0 Å². The van der Waals surface area contributed by atoms with Gasteiger partial charge in [-0.25, -0.2) is 4.79 Å². The number of para-hydroxylation sites is 1. The predicted octanol–water partition coefficient (Wildman–Crippen LogP) is 4.45. The van der Waals surface area contributed by atoms with Gasteiger partial charge in [0.15, 0.2) is 0 Å². The van der Waals surface area contributed by atoms with Crippen LogP contribution in [0, 0.1) is 0 Å². The van der Waals surface area contributed by atoms with Crippen LogP contribution in [0.15, 0.2) is 60.7 Å². The number of rotatable bonds is 4. The average Bonchev–Trinajstić information content (AvgIpc) is 3.19. The van der Waals surface area contributed by atoms with Crippen molar-refractivity contribution in [3.05, 3.63) is 66.2 Å². The molecule has 1 atom stereocenters. The molecule has 2 aromatic carbocycles. The van der Waals surface area contributed by atoms with Gasteiger partial charge in [0.05, 0.1) is 0 Å². The number of benzene rings is 2. The van der Waals surface area contributed by atoms with E-state index >= 15 is 0 Å². The van der Waals surface area contributed by atoms with Gasteiger partial charge >= 0.3 is 6.09 Å². The summed E-state index contributed by atoms with van der Waals surface area (Å²) in [6.45, 7) is 4.75. The van der Waals surface area contributed by atoms with Crippen molar-refractivity contribution in [1.29, 1.82) is 0 Å². The second-order valence-electron chi connectivity index (χ2n) is 5.75. The number of amides is 2. The Balaban J connectivity index is 0.00000117. The SMILES string of the molecule is CC.O=C(Nc1ccccc1)[C@@H]1CCCN1C(=O)OCc1ccccc1. The Morgan fingerprint density at radius 2 is 1.65 bits per heavy atom. The second-order valence-corrected chi connectivity index (χ2v) is 5.75. The molecule has 0 saturated carbocycles. The van der Waals surface area contributed by atoms with Crippen molar-refractivity contribution in [1.82, 2.24) is 4.90 Å². The van der Waals surface area contributed by atoms with Gasteiger partial charge in [-0.2, -0.15) is 0 Å². The van der Waals surface area contributed by atoms with Crippen molar-refractivity contribution in [2.45, 2.75) is 39.3 Å². The number of nitrogens with one attached hydrogen (secondary N) is 1. The Labute approximate surface area is 155 Å². The molecule has 0 bridgehead atoms. The minimum Gasteiger partial charge on any atom is -0.445 e. The fourth-order valence-corrected chi connectivity index (χ4v) is 2.81. The lowest BCUT2D eigenvalue weighted by atomic mass is 10.2. The molecule has 5 nitrogen and oxygen atoms in total. The van der Waals surface area contributed by atoms with Crippen LogP contribution in [0.25, 0.3) is 0 Å². The van der Waals surface area contributed by atoms with Gasteiger partial charge < -0.3 is 10.1 Å². The van der Waals surface area contributed by atoms with Gasteiger partial charge in [-0.15, -0.1) is 0 Å². The van der Waals surface area contributed by atoms with Gasteiger partial charge in [-0.1, -0.05) is 62.4 Å². The zero-order chi connectivity index (χ0) is 18.8. The summed E-state index contributed by atoms with van der Waals surface area (Å²) < 4.78 is 5.35. The largest absolute Gasteiger partial charge is 0.445 e. The number of hydrogen-bond acceptors (Lipinski definition) is 3. The first-order valence-corrected chi connectivity index (χ1v) is 9.07. The summed E-state index contributed by atoms with van der Waals surface area (Å²) in [7, 11) is 0. The molecule has 5 heteroatoms. The van der Waals surface area contributed by atoms with Crippen LogP contribution in [0.2, 0.25) is 0 Å². The maximum absolute atomic E-state index is 12.4. The molecule has 0 spiro atoms. The van der Waals surface area contributed by atoms with Crippen LogP contribution >= 0.6 is 0 Å². The summed E-state index contributed by atoms with van der Waals surface area (Å²) in [6.07, 6.45) is 1.01. The minimum atomic E-state index is -0.478. The van der Waals surface area contributed by atoms with Crippen LogP contribution in [0.3, 0.4) is 0 Å². The molecule has 0 unspecified atom stereocenters. The summed E-state index contributed by atoms with van der Waals surface area (Å²) >= 11 is 0. The topological polar surface area (TPSA) is 58.6 Å². The summed E-state index contributed by atoms with van der Waals surface area (Å²) in [4.78, 5) is 26.3. The van der Waals surface area contributed by atoms with Crippen LogP contribution in [0.5, 0.6) is 0 Å². The zero-order valence-corrected chi connectivity index (χ0v) is 15.4. The second kappa shape index (κ2) is 10.2. The Bertz CT molecular complexity index is 689. The van der Waals surface area contributed by atoms with Gasteiger partial charge in [-0.3, -0.25) is 9.69 Å². The lowest BCUT2D eigenvalue weighted by Crippen LogP contribution is -2.43. The highest BCUT2D eigenvalue weighted by atomic mass is 16.6. The fraction of sp³-hybridized carbons (Fsp3) is 0.333. The van der Waals surface area contributed by atoms with Crippen LogP contribution in [-0.2, 0) is 16.1 Å². The van der Waals surface area contributed by atoms with E-state index < -0.39 is 12.1 Å². The molecule has 1 N–H and O–H groups in total. The number of carbonyl (C=O) groups is 2. The molecular weight excluding hydrogens is 328 g/mol. The van der Waals surface area contributed by atoms with Crippen LogP contribution < -0.4 is 5.32 Å². The van der Waals surface area contributed by atoms with Crippen LogP contribution in [-0.4, -0.2) is 29.5 Å². The van der Waals surface area contributed by atoms with E-state index in [2.05, 4.69) is 5.32 Å². The third kappa shape index (κ3) is 5.34. The molecular formula is C21H26N2O3. The molecule has 26 heavy (non-hydrogen) atoms. The first-order chi connectivity index (χ1) is 12.7. The molecule has 0 aliphatic carbocycles. The number of ether oxygens (including phenoxy) is 1. The molecule has 1 aliphatic heterocycles. The monoisotopic (exact) mass is 354 g/mol. The molecule has 3 rings (SSSR count). The maximum atomic E-state index is 12.4. The molecule has 1 aliphatic rings. The van der Waals surface area contributed by atoms with E-state index in [4.69, 9.17) is 4.74 Å². The van der Waals surface area contributed by atoms with E-state index in [0.29, 0.717) is 13.0 Å². The number of anilines is 1. The van der Waals surface area contributed by atoms with Crippen molar-refractivity contribution in [2.75, 3.05) is 11.9 Å². The van der Waals surface area contributed by atoms with Gasteiger partial charge in [0.25, 0.3) is 0 Å². The van der Waals surface area contributed by atoms with E-state index in [9.17, 15) is 9.59 Å². The normalized spacial score (nSPS) is 15.6. The van der Waals surface area contributed by atoms with E-state index in [0.717, 1.165) is 17.7 Å². The molecule has 2 amide bonds. The highest BCUT2D eigenvalue weighted by molar-refractivity contribution is 5.96. The van der Waals surface area contributed by atoms with Gasteiger partial charge in [0, 0.05) is 12.2 Å². The minimum absolute atomic E-state index is 0.171. The first-order valence-electron chi connectivity index (χ1n) is 9.07. The predicted molar refractivity (Wildman–Crippen MR) is 103 cm³/mol. The summed E-state index contributed by atoms with van der Waals surface area (Å²) in [6, 6.07) is 18.3. The third-order valence-corrected chi connectivity index (χ3v) is 4.04. The Kier molecular flexibility index (Phi) is 7.68. The molecule has 0 radical (unpaired) electrons. The van der Waals surface area contributed by atoms with Crippen molar-refractivity contribution < 1.29 is 14.3 Å². The van der Waals surface area contributed by atoms with E-state index in [1.807, 2.05) is 74.5 Å².